The third kappa shape index (κ3) is 2.56. The Bertz CT molecular complexity index is 736. The largest absolute Gasteiger partial charge is 0.494 e. The van der Waals surface area contributed by atoms with E-state index in [1.54, 1.807) is 13.4 Å². The van der Waals surface area contributed by atoms with Crippen LogP contribution in [-0.2, 0) is 4.79 Å². The maximum absolute atomic E-state index is 12.5. The Morgan fingerprint density at radius 2 is 2.00 bits per heavy atom. The average molecular weight is 326 g/mol. The van der Waals surface area contributed by atoms with Crippen molar-refractivity contribution in [2.75, 3.05) is 13.7 Å². The maximum Gasteiger partial charge on any atom is 0.223 e. The average Bonchev–Trinajstić information content (AvgIpc) is 3.34. The molecule has 0 radical (unpaired) electrons. The van der Waals surface area contributed by atoms with E-state index in [0.29, 0.717) is 12.5 Å². The molecule has 126 valence electrons. The highest BCUT2D eigenvalue weighted by Gasteiger charge is 2.38. The van der Waals surface area contributed by atoms with E-state index in [-0.39, 0.29) is 11.8 Å². The number of amides is 1. The minimum Gasteiger partial charge on any atom is -0.494 e. The van der Waals surface area contributed by atoms with Crippen molar-refractivity contribution in [2.45, 2.75) is 44.1 Å². The van der Waals surface area contributed by atoms with Crippen molar-refractivity contribution in [2.24, 2.45) is 0 Å². The molecule has 1 saturated heterocycles. The van der Waals surface area contributed by atoms with Gasteiger partial charge >= 0.3 is 0 Å². The summed E-state index contributed by atoms with van der Waals surface area (Å²) in [6, 6.07) is 8.17. The minimum atomic E-state index is 0.0884. The lowest BCUT2D eigenvalue weighted by atomic mass is 10.1. The summed E-state index contributed by atoms with van der Waals surface area (Å²) in [5.74, 6) is 1.93. The first-order valence-corrected chi connectivity index (χ1v) is 8.60. The first-order chi connectivity index (χ1) is 11.8. The standard InChI is InChI=1S/C18H22N4O2/c1-24-16-9-5-4-8-15(16)22-18(19-12-20-22)13-10-17(23)21(11-13)14-6-2-3-7-14/h4-5,8-9,12-14H,2-3,6-7,10-11H2,1H3/t13-/m0/s1. The number of likely N-dealkylation sites (tertiary alicyclic amines) is 1. The summed E-state index contributed by atoms with van der Waals surface area (Å²) in [5.41, 5.74) is 0.860. The van der Waals surface area contributed by atoms with Crippen LogP contribution in [0.1, 0.15) is 43.8 Å². The van der Waals surface area contributed by atoms with Gasteiger partial charge in [0.25, 0.3) is 0 Å². The van der Waals surface area contributed by atoms with Crippen LogP contribution < -0.4 is 4.74 Å². The fourth-order valence-electron chi connectivity index (χ4n) is 3.99. The predicted octanol–water partition coefficient (Wildman–Crippen LogP) is 2.53. The number of methoxy groups -OCH3 is 1. The lowest BCUT2D eigenvalue weighted by molar-refractivity contribution is -0.129. The van der Waals surface area contributed by atoms with Gasteiger partial charge in [0.1, 0.15) is 23.6 Å². The Labute approximate surface area is 141 Å². The second kappa shape index (κ2) is 6.26. The number of nitrogens with zero attached hydrogens (tertiary/aromatic N) is 4. The molecule has 6 heteroatoms. The van der Waals surface area contributed by atoms with Crippen LogP contribution in [0.2, 0.25) is 0 Å². The quantitative estimate of drug-likeness (QED) is 0.866. The van der Waals surface area contributed by atoms with Crippen LogP contribution in [0.5, 0.6) is 5.75 Å². The summed E-state index contributed by atoms with van der Waals surface area (Å²) in [6.07, 6.45) is 6.82. The molecule has 0 unspecified atom stereocenters. The fourth-order valence-corrected chi connectivity index (χ4v) is 3.99. The number of carbonyl (C=O) groups is 1. The summed E-state index contributed by atoms with van der Waals surface area (Å²) in [4.78, 5) is 19.0. The van der Waals surface area contributed by atoms with Crippen LogP contribution >= 0.6 is 0 Å². The highest BCUT2D eigenvalue weighted by molar-refractivity contribution is 5.80. The number of aromatic nitrogens is 3. The summed E-state index contributed by atoms with van der Waals surface area (Å²) in [7, 11) is 1.65. The molecule has 2 aromatic rings. The van der Waals surface area contributed by atoms with Gasteiger partial charge in [-0.05, 0) is 25.0 Å². The molecule has 1 atom stereocenters. The fraction of sp³-hybridized carbons (Fsp3) is 0.500. The van der Waals surface area contributed by atoms with Crippen LogP contribution in [0.15, 0.2) is 30.6 Å². The number of carbonyl (C=O) groups excluding carboxylic acids is 1. The van der Waals surface area contributed by atoms with Crippen molar-refractivity contribution >= 4 is 5.91 Å². The first-order valence-electron chi connectivity index (χ1n) is 8.60. The van der Waals surface area contributed by atoms with E-state index in [0.717, 1.165) is 36.6 Å². The van der Waals surface area contributed by atoms with Crippen molar-refractivity contribution in [3.8, 4) is 11.4 Å². The summed E-state index contributed by atoms with van der Waals surface area (Å²) in [5, 5.41) is 4.38. The Hall–Kier alpha value is -2.37. The molecule has 6 nitrogen and oxygen atoms in total. The summed E-state index contributed by atoms with van der Waals surface area (Å²) < 4.78 is 7.26. The third-order valence-electron chi connectivity index (χ3n) is 5.18. The lowest BCUT2D eigenvalue weighted by Crippen LogP contribution is -2.34. The number of hydrogen-bond acceptors (Lipinski definition) is 4. The zero-order valence-corrected chi connectivity index (χ0v) is 13.9. The van der Waals surface area contributed by atoms with E-state index in [2.05, 4.69) is 15.0 Å². The van der Waals surface area contributed by atoms with Crippen molar-refractivity contribution in [1.29, 1.82) is 0 Å². The van der Waals surface area contributed by atoms with Crippen molar-refractivity contribution in [1.82, 2.24) is 19.7 Å². The Morgan fingerprint density at radius 1 is 1.21 bits per heavy atom. The molecule has 1 aliphatic carbocycles. The Morgan fingerprint density at radius 3 is 2.79 bits per heavy atom. The smallest absolute Gasteiger partial charge is 0.223 e. The molecule has 0 bridgehead atoms. The molecular formula is C18H22N4O2. The van der Waals surface area contributed by atoms with Gasteiger partial charge in [-0.1, -0.05) is 25.0 Å². The molecule has 2 aliphatic rings. The van der Waals surface area contributed by atoms with Crippen LogP contribution in [0.4, 0.5) is 0 Å². The second-order valence-electron chi connectivity index (χ2n) is 6.59. The van der Waals surface area contributed by atoms with Crippen LogP contribution in [0.3, 0.4) is 0 Å². The minimum absolute atomic E-state index is 0.0884. The van der Waals surface area contributed by atoms with E-state index >= 15 is 0 Å². The van der Waals surface area contributed by atoms with E-state index < -0.39 is 0 Å². The zero-order chi connectivity index (χ0) is 16.5. The number of rotatable bonds is 4. The van der Waals surface area contributed by atoms with Crippen molar-refractivity contribution in [3.05, 3.63) is 36.4 Å². The maximum atomic E-state index is 12.5. The molecule has 2 fully saturated rings. The van der Waals surface area contributed by atoms with Gasteiger partial charge in [0.2, 0.25) is 5.91 Å². The SMILES string of the molecule is COc1ccccc1-n1ncnc1[C@H]1CC(=O)N(C2CCCC2)C1. The number of hydrogen-bond donors (Lipinski definition) is 0. The van der Waals surface area contributed by atoms with E-state index in [4.69, 9.17) is 4.74 Å². The van der Waals surface area contributed by atoms with E-state index in [9.17, 15) is 4.79 Å². The first kappa shape index (κ1) is 15.2. The number of benzene rings is 1. The highest BCUT2D eigenvalue weighted by atomic mass is 16.5. The topological polar surface area (TPSA) is 60.2 Å². The van der Waals surface area contributed by atoms with Crippen molar-refractivity contribution < 1.29 is 9.53 Å². The van der Waals surface area contributed by atoms with Gasteiger partial charge in [-0.15, -0.1) is 0 Å². The molecule has 2 heterocycles. The monoisotopic (exact) mass is 326 g/mol. The molecular weight excluding hydrogens is 304 g/mol. The van der Waals surface area contributed by atoms with Crippen LogP contribution in [0, 0.1) is 0 Å². The van der Waals surface area contributed by atoms with Crippen molar-refractivity contribution in [3.63, 3.8) is 0 Å². The molecule has 1 aromatic heterocycles. The summed E-state index contributed by atoms with van der Waals surface area (Å²) >= 11 is 0. The van der Waals surface area contributed by atoms with Crippen LogP contribution in [0.25, 0.3) is 5.69 Å². The van der Waals surface area contributed by atoms with Gasteiger partial charge in [-0.25, -0.2) is 9.67 Å². The molecule has 1 amide bonds. The molecule has 1 aromatic carbocycles. The van der Waals surface area contributed by atoms with Gasteiger partial charge in [-0.2, -0.15) is 5.10 Å². The van der Waals surface area contributed by atoms with E-state index in [1.807, 2.05) is 28.9 Å². The third-order valence-corrected chi connectivity index (χ3v) is 5.18. The molecule has 1 saturated carbocycles. The van der Waals surface area contributed by atoms with Gasteiger partial charge in [0, 0.05) is 24.9 Å². The summed E-state index contributed by atoms with van der Waals surface area (Å²) in [6.45, 7) is 0.747. The molecule has 1 aliphatic heterocycles. The Kier molecular flexibility index (Phi) is 3.96. The molecule has 24 heavy (non-hydrogen) atoms. The van der Waals surface area contributed by atoms with Gasteiger partial charge in [0.15, 0.2) is 0 Å². The van der Waals surface area contributed by atoms with Gasteiger partial charge in [-0.3, -0.25) is 4.79 Å². The molecule has 4 rings (SSSR count). The number of para-hydroxylation sites is 2. The Balaban J connectivity index is 1.62. The van der Waals surface area contributed by atoms with Crippen LogP contribution in [-0.4, -0.2) is 45.3 Å². The second-order valence-corrected chi connectivity index (χ2v) is 6.59. The number of ether oxygens (including phenoxy) is 1. The normalized spacial score (nSPS) is 21.6. The predicted molar refractivity (Wildman–Crippen MR) is 89.2 cm³/mol. The molecule has 0 N–H and O–H groups in total. The molecule has 0 spiro atoms. The van der Waals surface area contributed by atoms with Gasteiger partial charge in [0.05, 0.1) is 7.11 Å². The zero-order valence-electron chi connectivity index (χ0n) is 13.9. The highest BCUT2D eigenvalue weighted by Crippen LogP contribution is 2.34. The lowest BCUT2D eigenvalue weighted by Gasteiger charge is -2.24. The van der Waals surface area contributed by atoms with E-state index in [1.165, 1.54) is 12.8 Å². The van der Waals surface area contributed by atoms with Gasteiger partial charge < -0.3 is 9.64 Å².